The Kier molecular flexibility index (Phi) is 6.97. The van der Waals surface area contributed by atoms with E-state index in [2.05, 4.69) is 36.8 Å². The third kappa shape index (κ3) is 5.11. The maximum atomic E-state index is 11.7. The van der Waals surface area contributed by atoms with Gasteiger partial charge < -0.3 is 10.2 Å². The molecule has 0 amide bonds. The van der Waals surface area contributed by atoms with E-state index in [9.17, 15) is 19.8 Å². The highest BCUT2D eigenvalue weighted by Gasteiger charge is 2.18. The number of nitrogens with zero attached hydrogens (tertiary/aromatic N) is 1. The molecule has 0 radical (unpaired) electrons. The van der Waals surface area contributed by atoms with Crippen molar-refractivity contribution in [2.75, 3.05) is 0 Å². The third-order valence-corrected chi connectivity index (χ3v) is 5.64. The summed E-state index contributed by atoms with van der Waals surface area (Å²) in [7, 11) is 0. The van der Waals surface area contributed by atoms with Gasteiger partial charge in [0.1, 0.15) is 0 Å². The number of hydrogen-bond donors (Lipinski definition) is 2. The minimum absolute atomic E-state index is 0.162. The van der Waals surface area contributed by atoms with Gasteiger partial charge in [0.2, 0.25) is 0 Å². The first-order chi connectivity index (χ1) is 14.4. The lowest BCUT2D eigenvalue weighted by Gasteiger charge is -2.07. The van der Waals surface area contributed by atoms with Crippen LogP contribution in [-0.2, 0) is 0 Å². The third-order valence-electron chi connectivity index (χ3n) is 4.19. The van der Waals surface area contributed by atoms with Gasteiger partial charge in [-0.1, -0.05) is 80.4 Å². The second-order valence-electron chi connectivity index (χ2n) is 6.17. The smallest absolute Gasteiger partial charge is 0.337 e. The van der Waals surface area contributed by atoms with Crippen LogP contribution in [0.15, 0.2) is 63.5 Å². The average molecular weight is 529 g/mol. The quantitative estimate of drug-likeness (QED) is 0.389. The van der Waals surface area contributed by atoms with Gasteiger partial charge in [-0.2, -0.15) is 0 Å². The first-order valence-corrected chi connectivity index (χ1v) is 10.3. The molecule has 0 spiro atoms. The Bertz CT molecular complexity index is 1100. The van der Waals surface area contributed by atoms with Gasteiger partial charge in [-0.25, -0.2) is 14.6 Å². The molecule has 3 aromatic rings. The Morgan fingerprint density at radius 1 is 0.700 bits per heavy atom. The van der Waals surface area contributed by atoms with Crippen molar-refractivity contribution < 1.29 is 19.8 Å². The number of pyridine rings is 1. The summed E-state index contributed by atoms with van der Waals surface area (Å²) in [5.74, 6) is -2.50. The molecule has 1 heterocycles. The largest absolute Gasteiger partial charge is 0.478 e. The van der Waals surface area contributed by atoms with Crippen LogP contribution in [0.5, 0.6) is 0 Å². The summed E-state index contributed by atoms with van der Waals surface area (Å²) in [6, 6.07) is 16.0. The molecule has 0 saturated carbocycles. The number of aromatic carboxylic acids is 2. The fourth-order valence-electron chi connectivity index (χ4n) is 2.70. The summed E-state index contributed by atoms with van der Waals surface area (Å²) >= 11 is 6.88. The SMILES string of the molecule is O=C(O)c1cc(C(=O)O)c(/C=C/c2ccccc2Br)nc1/C=C/c1ccccc1Br. The topological polar surface area (TPSA) is 87.5 Å². The Morgan fingerprint density at radius 3 is 1.47 bits per heavy atom. The summed E-state index contributed by atoms with van der Waals surface area (Å²) in [4.78, 5) is 27.8. The maximum Gasteiger partial charge on any atom is 0.337 e. The Hall–Kier alpha value is -3.03. The molecule has 0 bridgehead atoms. The first kappa shape index (κ1) is 21.7. The van der Waals surface area contributed by atoms with Crippen LogP contribution in [-0.4, -0.2) is 27.1 Å². The van der Waals surface area contributed by atoms with E-state index in [-0.39, 0.29) is 22.5 Å². The molecule has 0 fully saturated rings. The number of carboxylic acid groups (broad SMARTS) is 2. The van der Waals surface area contributed by atoms with Crippen molar-refractivity contribution in [1.82, 2.24) is 4.98 Å². The molecule has 3 rings (SSSR count). The molecule has 5 nitrogen and oxygen atoms in total. The number of benzene rings is 2. The second-order valence-corrected chi connectivity index (χ2v) is 7.88. The predicted molar refractivity (Wildman–Crippen MR) is 124 cm³/mol. The summed E-state index contributed by atoms with van der Waals surface area (Å²) in [5, 5.41) is 19.1. The Morgan fingerprint density at radius 2 is 1.10 bits per heavy atom. The molecule has 0 aliphatic carbocycles. The minimum Gasteiger partial charge on any atom is -0.478 e. The molecule has 0 aliphatic rings. The van der Waals surface area contributed by atoms with E-state index >= 15 is 0 Å². The zero-order chi connectivity index (χ0) is 21.7. The van der Waals surface area contributed by atoms with Crippen LogP contribution in [0.2, 0.25) is 0 Å². The molecule has 30 heavy (non-hydrogen) atoms. The lowest BCUT2D eigenvalue weighted by atomic mass is 10.0. The zero-order valence-electron chi connectivity index (χ0n) is 15.4. The van der Waals surface area contributed by atoms with Gasteiger partial charge in [-0.15, -0.1) is 0 Å². The van der Waals surface area contributed by atoms with Crippen LogP contribution in [0.3, 0.4) is 0 Å². The van der Waals surface area contributed by atoms with Crippen molar-refractivity contribution in [2.24, 2.45) is 0 Å². The number of aromatic nitrogens is 1. The molecule has 2 aromatic carbocycles. The van der Waals surface area contributed by atoms with Crippen LogP contribution in [0.1, 0.15) is 43.2 Å². The van der Waals surface area contributed by atoms with Gasteiger partial charge in [0.25, 0.3) is 0 Å². The number of carbonyl (C=O) groups is 2. The molecule has 2 N–H and O–H groups in total. The van der Waals surface area contributed by atoms with Crippen molar-refractivity contribution in [3.8, 4) is 0 Å². The lowest BCUT2D eigenvalue weighted by Crippen LogP contribution is -2.09. The summed E-state index contributed by atoms with van der Waals surface area (Å²) < 4.78 is 1.68. The van der Waals surface area contributed by atoms with E-state index in [1.807, 2.05) is 48.5 Å². The van der Waals surface area contributed by atoms with Gasteiger partial charge in [0.05, 0.1) is 22.5 Å². The number of carboxylic acids is 2. The minimum atomic E-state index is -1.25. The number of rotatable bonds is 6. The Balaban J connectivity index is 2.11. The van der Waals surface area contributed by atoms with E-state index < -0.39 is 11.9 Å². The van der Waals surface area contributed by atoms with Gasteiger partial charge in [0, 0.05) is 8.95 Å². The Labute approximate surface area is 189 Å². The van der Waals surface area contributed by atoms with Gasteiger partial charge in [0.15, 0.2) is 0 Å². The van der Waals surface area contributed by atoms with Gasteiger partial charge in [-0.3, -0.25) is 0 Å². The second kappa shape index (κ2) is 9.65. The van der Waals surface area contributed by atoms with E-state index in [1.165, 1.54) is 0 Å². The van der Waals surface area contributed by atoms with Crippen LogP contribution < -0.4 is 0 Å². The van der Waals surface area contributed by atoms with Crippen molar-refractivity contribution in [3.05, 3.63) is 97.2 Å². The van der Waals surface area contributed by atoms with Crippen molar-refractivity contribution in [3.63, 3.8) is 0 Å². The molecule has 0 aliphatic heterocycles. The molecular weight excluding hydrogens is 514 g/mol. The zero-order valence-corrected chi connectivity index (χ0v) is 18.6. The molecule has 150 valence electrons. The van der Waals surface area contributed by atoms with Crippen LogP contribution in [0.25, 0.3) is 24.3 Å². The highest BCUT2D eigenvalue weighted by atomic mass is 79.9. The highest BCUT2D eigenvalue weighted by Crippen LogP contribution is 2.23. The van der Waals surface area contributed by atoms with Crippen molar-refractivity contribution in [1.29, 1.82) is 0 Å². The fourth-order valence-corrected chi connectivity index (χ4v) is 3.53. The monoisotopic (exact) mass is 527 g/mol. The maximum absolute atomic E-state index is 11.7. The predicted octanol–water partition coefficient (Wildman–Crippen LogP) is 6.34. The van der Waals surface area contributed by atoms with Crippen molar-refractivity contribution in [2.45, 2.75) is 0 Å². The van der Waals surface area contributed by atoms with E-state index in [0.29, 0.717) is 0 Å². The molecule has 0 saturated heterocycles. The first-order valence-electron chi connectivity index (χ1n) is 8.73. The molecule has 1 aromatic heterocycles. The highest BCUT2D eigenvalue weighted by molar-refractivity contribution is 9.10. The van der Waals surface area contributed by atoms with Gasteiger partial charge >= 0.3 is 11.9 Å². The normalized spacial score (nSPS) is 11.3. The molecule has 0 unspecified atom stereocenters. The number of hydrogen-bond acceptors (Lipinski definition) is 3. The number of halogens is 2. The van der Waals surface area contributed by atoms with E-state index in [4.69, 9.17) is 0 Å². The van der Waals surface area contributed by atoms with E-state index in [0.717, 1.165) is 26.1 Å². The summed E-state index contributed by atoms with van der Waals surface area (Å²) in [5.41, 5.74) is 1.62. The lowest BCUT2D eigenvalue weighted by molar-refractivity contribution is 0.0695. The standard InChI is InChI=1S/C23H15Br2NO4/c24-18-7-3-1-5-14(18)9-11-20-16(22(27)28)13-17(23(29)30)21(26-20)12-10-15-6-2-4-8-19(15)25/h1-13H,(H,27,28)(H,29,30)/b11-9+,12-10+. The average Bonchev–Trinajstić information content (AvgIpc) is 2.72. The van der Waals surface area contributed by atoms with E-state index in [1.54, 1.807) is 24.3 Å². The van der Waals surface area contributed by atoms with Crippen LogP contribution in [0, 0.1) is 0 Å². The summed E-state index contributed by atoms with van der Waals surface area (Å²) in [6.45, 7) is 0. The molecular formula is C23H15Br2NO4. The fraction of sp³-hybridized carbons (Fsp3) is 0. The van der Waals surface area contributed by atoms with Crippen LogP contribution >= 0.6 is 31.9 Å². The summed E-state index contributed by atoms with van der Waals surface area (Å²) in [6.07, 6.45) is 6.57. The van der Waals surface area contributed by atoms with Crippen LogP contribution in [0.4, 0.5) is 0 Å². The molecule has 0 atom stereocenters. The van der Waals surface area contributed by atoms with Crippen molar-refractivity contribution >= 4 is 68.1 Å². The molecule has 7 heteroatoms. The van der Waals surface area contributed by atoms with Gasteiger partial charge in [-0.05, 0) is 41.5 Å².